The van der Waals surface area contributed by atoms with E-state index in [-0.39, 0.29) is 4.90 Å². The van der Waals surface area contributed by atoms with E-state index in [0.717, 1.165) is 0 Å². The summed E-state index contributed by atoms with van der Waals surface area (Å²) in [4.78, 5) is 0.177. The molecule has 0 amide bonds. The molecule has 0 radical (unpaired) electrons. The number of sulfonamides is 1. The van der Waals surface area contributed by atoms with Gasteiger partial charge < -0.3 is 5.73 Å². The summed E-state index contributed by atoms with van der Waals surface area (Å²) in [5.74, 6) is 0. The van der Waals surface area contributed by atoms with Gasteiger partial charge in [0.1, 0.15) is 4.90 Å². The van der Waals surface area contributed by atoms with E-state index in [1.54, 1.807) is 19.1 Å². The smallest absolute Gasteiger partial charge is 0.267 e. The van der Waals surface area contributed by atoms with Crippen LogP contribution in [0.15, 0.2) is 47.6 Å². The lowest BCUT2D eigenvalue weighted by Crippen LogP contribution is -2.30. The molecule has 6 nitrogen and oxygen atoms in total. The summed E-state index contributed by atoms with van der Waals surface area (Å²) in [6.07, 6.45) is 2.87. The van der Waals surface area contributed by atoms with E-state index >= 15 is 0 Å². The largest absolute Gasteiger partial charge is 0.329 e. The Labute approximate surface area is 118 Å². The predicted octanol–water partition coefficient (Wildman–Crippen LogP) is 1.06. The zero-order valence-corrected chi connectivity index (χ0v) is 12.1. The van der Waals surface area contributed by atoms with Gasteiger partial charge in [0, 0.05) is 19.3 Å². The van der Waals surface area contributed by atoms with Gasteiger partial charge in [0.05, 0.1) is 18.4 Å². The number of hydrogen-bond acceptors (Lipinski definition) is 4. The summed E-state index contributed by atoms with van der Waals surface area (Å²) in [5, 5.41) is 4.01. The van der Waals surface area contributed by atoms with Crippen molar-refractivity contribution in [1.82, 2.24) is 9.78 Å². The number of anilines is 1. The molecular weight excluding hydrogens is 276 g/mol. The third kappa shape index (κ3) is 2.83. The molecule has 2 aromatic rings. The molecule has 1 heterocycles. The summed E-state index contributed by atoms with van der Waals surface area (Å²) in [7, 11) is -3.59. The van der Waals surface area contributed by atoms with Gasteiger partial charge in [-0.2, -0.15) is 5.10 Å². The Balaban J connectivity index is 2.36. The summed E-state index contributed by atoms with van der Waals surface area (Å²) in [6, 6.07) is 9.01. The van der Waals surface area contributed by atoms with Crippen LogP contribution in [0.4, 0.5) is 5.69 Å². The minimum Gasteiger partial charge on any atom is -0.329 e. The Hall–Kier alpha value is -1.86. The zero-order valence-electron chi connectivity index (χ0n) is 11.3. The second-order valence-corrected chi connectivity index (χ2v) is 6.10. The van der Waals surface area contributed by atoms with Crippen LogP contribution < -0.4 is 10.0 Å². The van der Waals surface area contributed by atoms with Crippen molar-refractivity contribution in [2.24, 2.45) is 5.73 Å². The van der Waals surface area contributed by atoms with Gasteiger partial charge in [-0.3, -0.25) is 8.99 Å². The number of hydrogen-bond donors (Lipinski definition) is 1. The van der Waals surface area contributed by atoms with E-state index in [0.29, 0.717) is 25.3 Å². The fourth-order valence-electron chi connectivity index (χ4n) is 1.95. The molecule has 1 aromatic heterocycles. The van der Waals surface area contributed by atoms with Crippen molar-refractivity contribution in [1.29, 1.82) is 0 Å². The van der Waals surface area contributed by atoms with Gasteiger partial charge in [-0.15, -0.1) is 0 Å². The molecule has 20 heavy (non-hydrogen) atoms. The number of nitrogens with two attached hydrogens (primary N) is 1. The molecule has 0 saturated heterocycles. The zero-order chi connectivity index (χ0) is 14.6. The number of rotatable bonds is 6. The molecule has 0 unspecified atom stereocenters. The molecule has 1 aromatic carbocycles. The molecule has 7 heteroatoms. The van der Waals surface area contributed by atoms with Crippen LogP contribution in [0, 0.1) is 0 Å². The number of benzene rings is 1. The van der Waals surface area contributed by atoms with Crippen LogP contribution in [0.1, 0.15) is 6.92 Å². The van der Waals surface area contributed by atoms with Gasteiger partial charge in [0.15, 0.2) is 0 Å². The highest BCUT2D eigenvalue weighted by molar-refractivity contribution is 7.92. The first-order valence-electron chi connectivity index (χ1n) is 6.40. The lowest BCUT2D eigenvalue weighted by molar-refractivity contribution is 0.590. The molecule has 108 valence electrons. The van der Waals surface area contributed by atoms with Gasteiger partial charge in [-0.05, 0) is 19.1 Å². The van der Waals surface area contributed by atoms with E-state index in [1.807, 2.05) is 18.2 Å². The van der Waals surface area contributed by atoms with E-state index in [2.05, 4.69) is 5.10 Å². The van der Waals surface area contributed by atoms with E-state index in [4.69, 9.17) is 5.73 Å². The second-order valence-electron chi connectivity index (χ2n) is 4.23. The summed E-state index contributed by atoms with van der Waals surface area (Å²) < 4.78 is 28.1. The first-order valence-corrected chi connectivity index (χ1v) is 7.84. The van der Waals surface area contributed by atoms with Crippen molar-refractivity contribution in [2.45, 2.75) is 18.4 Å². The highest BCUT2D eigenvalue weighted by Crippen LogP contribution is 2.22. The van der Waals surface area contributed by atoms with Crippen LogP contribution in [0.25, 0.3) is 0 Å². The quantitative estimate of drug-likeness (QED) is 0.863. The molecule has 0 aliphatic carbocycles. The number of aromatic nitrogens is 2. The Morgan fingerprint density at radius 2 is 2.00 bits per heavy atom. The molecular formula is C13H18N4O2S. The maximum absolute atomic E-state index is 12.6. The van der Waals surface area contributed by atoms with Crippen molar-refractivity contribution in [2.75, 3.05) is 17.4 Å². The van der Waals surface area contributed by atoms with Crippen LogP contribution in [0.5, 0.6) is 0 Å². The minimum atomic E-state index is -3.59. The fraction of sp³-hybridized carbons (Fsp3) is 0.308. The van der Waals surface area contributed by atoms with Crippen molar-refractivity contribution >= 4 is 15.7 Å². The molecule has 0 aliphatic rings. The van der Waals surface area contributed by atoms with E-state index < -0.39 is 10.0 Å². The summed E-state index contributed by atoms with van der Waals surface area (Å²) >= 11 is 0. The second kappa shape index (κ2) is 6.06. The van der Waals surface area contributed by atoms with Gasteiger partial charge in [-0.25, -0.2) is 8.42 Å². The van der Waals surface area contributed by atoms with E-state index in [1.165, 1.54) is 21.4 Å². The maximum atomic E-state index is 12.6. The number of nitrogens with zero attached hydrogens (tertiary/aromatic N) is 3. The predicted molar refractivity (Wildman–Crippen MR) is 77.9 cm³/mol. The Morgan fingerprint density at radius 3 is 2.60 bits per heavy atom. The van der Waals surface area contributed by atoms with Crippen LogP contribution in [-0.2, 0) is 16.6 Å². The highest BCUT2D eigenvalue weighted by atomic mass is 32.2. The maximum Gasteiger partial charge on any atom is 0.267 e. The van der Waals surface area contributed by atoms with Crippen LogP contribution in [0.3, 0.4) is 0 Å². The molecule has 2 rings (SSSR count). The van der Waals surface area contributed by atoms with Gasteiger partial charge in [0.25, 0.3) is 10.0 Å². The van der Waals surface area contributed by atoms with Crippen molar-refractivity contribution in [3.8, 4) is 0 Å². The Kier molecular flexibility index (Phi) is 4.41. The standard InChI is InChI=1S/C13H18N4O2S/c1-2-17(12-6-4-3-5-7-12)20(18,19)13-10-15-16(11-13)9-8-14/h3-7,10-11H,2,8-9,14H2,1H3. The summed E-state index contributed by atoms with van der Waals surface area (Å²) in [6.45, 7) is 3.06. The minimum absolute atomic E-state index is 0.177. The molecule has 0 spiro atoms. The van der Waals surface area contributed by atoms with Gasteiger partial charge in [-0.1, -0.05) is 18.2 Å². The number of para-hydroxylation sites is 1. The summed E-state index contributed by atoms with van der Waals surface area (Å²) in [5.41, 5.74) is 6.08. The van der Waals surface area contributed by atoms with Crippen LogP contribution in [-0.4, -0.2) is 31.3 Å². The van der Waals surface area contributed by atoms with Gasteiger partial charge in [0.2, 0.25) is 0 Å². The lowest BCUT2D eigenvalue weighted by Gasteiger charge is -2.21. The molecule has 0 bridgehead atoms. The Bertz CT molecular complexity index is 652. The van der Waals surface area contributed by atoms with Crippen molar-refractivity contribution in [3.63, 3.8) is 0 Å². The van der Waals surface area contributed by atoms with Crippen LogP contribution in [0.2, 0.25) is 0 Å². The van der Waals surface area contributed by atoms with Crippen LogP contribution >= 0.6 is 0 Å². The third-order valence-electron chi connectivity index (χ3n) is 2.89. The molecule has 0 aliphatic heterocycles. The normalized spacial score (nSPS) is 11.5. The molecule has 0 fully saturated rings. The van der Waals surface area contributed by atoms with Crippen molar-refractivity contribution < 1.29 is 8.42 Å². The first kappa shape index (κ1) is 14.5. The van der Waals surface area contributed by atoms with E-state index in [9.17, 15) is 8.42 Å². The molecule has 0 atom stereocenters. The monoisotopic (exact) mass is 294 g/mol. The van der Waals surface area contributed by atoms with Crippen molar-refractivity contribution in [3.05, 3.63) is 42.7 Å². The average molecular weight is 294 g/mol. The molecule has 0 saturated carbocycles. The first-order chi connectivity index (χ1) is 9.59. The fourth-order valence-corrected chi connectivity index (χ4v) is 3.37. The Morgan fingerprint density at radius 1 is 1.30 bits per heavy atom. The third-order valence-corrected chi connectivity index (χ3v) is 4.74. The van der Waals surface area contributed by atoms with Gasteiger partial charge >= 0.3 is 0 Å². The highest BCUT2D eigenvalue weighted by Gasteiger charge is 2.24. The SMILES string of the molecule is CCN(c1ccccc1)S(=O)(=O)c1cnn(CCN)c1. The molecule has 2 N–H and O–H groups in total. The average Bonchev–Trinajstić information content (AvgIpc) is 2.90. The topological polar surface area (TPSA) is 81.2 Å². The lowest BCUT2D eigenvalue weighted by atomic mass is 10.3.